The van der Waals surface area contributed by atoms with Crippen LogP contribution >= 0.6 is 0 Å². The lowest BCUT2D eigenvalue weighted by atomic mass is 9.91. The summed E-state index contributed by atoms with van der Waals surface area (Å²) in [5.74, 6) is -0.336. The number of fused-ring (bicyclic) bond motifs is 1. The van der Waals surface area contributed by atoms with Gasteiger partial charge in [0.1, 0.15) is 6.17 Å². The van der Waals surface area contributed by atoms with Gasteiger partial charge in [-0.05, 0) is 34.4 Å². The Balaban J connectivity index is 1.69. The van der Waals surface area contributed by atoms with Gasteiger partial charge in [0.25, 0.3) is 5.91 Å². The maximum atomic E-state index is 13.2. The van der Waals surface area contributed by atoms with Gasteiger partial charge >= 0.3 is 0 Å². The molecule has 0 radical (unpaired) electrons. The summed E-state index contributed by atoms with van der Waals surface area (Å²) < 4.78 is 0. The molecule has 1 fully saturated rings. The molecule has 0 spiro atoms. The van der Waals surface area contributed by atoms with Gasteiger partial charge < -0.3 is 10.2 Å². The van der Waals surface area contributed by atoms with E-state index in [0.717, 1.165) is 16.3 Å². The second kappa shape index (κ2) is 7.47. The standard InChI is InChI=1S/C24H24N2O2/c1-16(2)22-25-23(27)21(15-26(22)24(28)18-9-4-3-5-10-18)20-13-12-17-8-6-7-11-19(17)14-20/h3-14,16,21-22H,15H2,1-2H3,(H,25,27)/t21-,22+/m1/s1. The highest BCUT2D eigenvalue weighted by atomic mass is 16.2. The highest BCUT2D eigenvalue weighted by Gasteiger charge is 2.38. The molecule has 2 amide bonds. The minimum Gasteiger partial charge on any atom is -0.335 e. The van der Waals surface area contributed by atoms with E-state index in [4.69, 9.17) is 0 Å². The Labute approximate surface area is 165 Å². The van der Waals surface area contributed by atoms with Crippen LogP contribution in [0.25, 0.3) is 10.8 Å². The molecule has 3 aromatic carbocycles. The molecule has 1 heterocycles. The van der Waals surface area contributed by atoms with E-state index in [0.29, 0.717) is 12.1 Å². The summed E-state index contributed by atoms with van der Waals surface area (Å²) in [7, 11) is 0. The van der Waals surface area contributed by atoms with Crippen LogP contribution in [0.15, 0.2) is 72.8 Å². The van der Waals surface area contributed by atoms with Gasteiger partial charge in [0.15, 0.2) is 0 Å². The SMILES string of the molecule is CC(C)[C@H]1NC(=O)[C@@H](c2ccc3ccccc3c2)CN1C(=O)c1ccccc1. The lowest BCUT2D eigenvalue weighted by Gasteiger charge is -2.42. The molecule has 0 saturated carbocycles. The van der Waals surface area contributed by atoms with Crippen LogP contribution < -0.4 is 5.32 Å². The third-order valence-electron chi connectivity index (χ3n) is 5.41. The molecule has 4 rings (SSSR count). The average molecular weight is 372 g/mol. The fraction of sp³-hybridized carbons (Fsp3) is 0.250. The number of nitrogens with zero attached hydrogens (tertiary/aromatic N) is 1. The smallest absolute Gasteiger partial charge is 0.255 e. The van der Waals surface area contributed by atoms with Crippen molar-refractivity contribution in [2.24, 2.45) is 5.92 Å². The summed E-state index contributed by atoms with van der Waals surface area (Å²) >= 11 is 0. The average Bonchev–Trinajstić information content (AvgIpc) is 2.73. The molecule has 28 heavy (non-hydrogen) atoms. The van der Waals surface area contributed by atoms with Gasteiger partial charge in [0, 0.05) is 12.1 Å². The third kappa shape index (κ3) is 3.38. The molecular weight excluding hydrogens is 348 g/mol. The summed E-state index contributed by atoms with van der Waals surface area (Å²) in [6, 6.07) is 23.4. The van der Waals surface area contributed by atoms with E-state index in [2.05, 4.69) is 17.4 Å². The van der Waals surface area contributed by atoms with E-state index in [1.807, 2.05) is 74.5 Å². The van der Waals surface area contributed by atoms with Crippen molar-refractivity contribution in [3.8, 4) is 0 Å². The molecule has 4 heteroatoms. The van der Waals surface area contributed by atoms with Crippen molar-refractivity contribution in [1.82, 2.24) is 10.2 Å². The van der Waals surface area contributed by atoms with Crippen molar-refractivity contribution in [2.45, 2.75) is 25.9 Å². The normalized spacial score (nSPS) is 19.7. The highest BCUT2D eigenvalue weighted by molar-refractivity contribution is 5.96. The molecular formula is C24H24N2O2. The molecule has 1 saturated heterocycles. The molecule has 4 nitrogen and oxygen atoms in total. The van der Waals surface area contributed by atoms with Crippen LogP contribution in [0.2, 0.25) is 0 Å². The number of rotatable bonds is 3. The fourth-order valence-electron chi connectivity index (χ4n) is 3.88. The zero-order chi connectivity index (χ0) is 19.7. The molecule has 0 aliphatic carbocycles. The monoisotopic (exact) mass is 372 g/mol. The van der Waals surface area contributed by atoms with Gasteiger partial charge in [-0.25, -0.2) is 0 Å². The van der Waals surface area contributed by atoms with Crippen LogP contribution in [0, 0.1) is 5.92 Å². The summed E-state index contributed by atoms with van der Waals surface area (Å²) in [6.45, 7) is 4.42. The number of amides is 2. The van der Waals surface area contributed by atoms with Crippen molar-refractivity contribution < 1.29 is 9.59 Å². The Morgan fingerprint density at radius 1 is 0.964 bits per heavy atom. The van der Waals surface area contributed by atoms with Gasteiger partial charge in [-0.2, -0.15) is 0 Å². The van der Waals surface area contributed by atoms with Crippen molar-refractivity contribution >= 4 is 22.6 Å². The number of carbonyl (C=O) groups excluding carboxylic acids is 2. The molecule has 142 valence electrons. The first-order valence-electron chi connectivity index (χ1n) is 9.69. The molecule has 2 atom stereocenters. The zero-order valence-electron chi connectivity index (χ0n) is 16.1. The minimum absolute atomic E-state index is 0.0221. The summed E-state index contributed by atoms with van der Waals surface area (Å²) in [5.41, 5.74) is 1.57. The number of hydrogen-bond acceptors (Lipinski definition) is 2. The van der Waals surface area contributed by atoms with Crippen LogP contribution in [0.5, 0.6) is 0 Å². The van der Waals surface area contributed by atoms with Crippen LogP contribution in [0.4, 0.5) is 0 Å². The molecule has 0 unspecified atom stereocenters. The van der Waals surface area contributed by atoms with Crippen LogP contribution in [-0.4, -0.2) is 29.4 Å². The maximum absolute atomic E-state index is 13.2. The van der Waals surface area contributed by atoms with E-state index < -0.39 is 0 Å². The Hall–Kier alpha value is -3.14. The summed E-state index contributed by atoms with van der Waals surface area (Å²) in [6.07, 6.45) is -0.308. The maximum Gasteiger partial charge on any atom is 0.255 e. The Bertz CT molecular complexity index is 1010. The van der Waals surface area contributed by atoms with E-state index in [1.165, 1.54) is 0 Å². The number of carbonyl (C=O) groups is 2. The lowest BCUT2D eigenvalue weighted by Crippen LogP contribution is -2.61. The quantitative estimate of drug-likeness (QED) is 0.750. The zero-order valence-corrected chi connectivity index (χ0v) is 16.1. The van der Waals surface area contributed by atoms with Gasteiger partial charge in [0.2, 0.25) is 5.91 Å². The van der Waals surface area contributed by atoms with E-state index in [-0.39, 0.29) is 29.8 Å². The number of nitrogens with one attached hydrogen (secondary N) is 1. The number of benzene rings is 3. The largest absolute Gasteiger partial charge is 0.335 e. The summed E-state index contributed by atoms with van der Waals surface area (Å²) in [4.78, 5) is 27.9. The second-order valence-corrected chi connectivity index (χ2v) is 7.68. The molecule has 3 aromatic rings. The minimum atomic E-state index is -0.382. The molecule has 1 N–H and O–H groups in total. The van der Waals surface area contributed by atoms with Gasteiger partial charge in [0.05, 0.1) is 5.92 Å². The van der Waals surface area contributed by atoms with E-state index in [9.17, 15) is 9.59 Å². The fourth-order valence-corrected chi connectivity index (χ4v) is 3.88. The van der Waals surface area contributed by atoms with Crippen molar-refractivity contribution in [3.05, 3.63) is 83.9 Å². The number of hydrogen-bond donors (Lipinski definition) is 1. The first kappa shape index (κ1) is 18.2. The predicted molar refractivity (Wildman–Crippen MR) is 111 cm³/mol. The molecule has 0 aromatic heterocycles. The van der Waals surface area contributed by atoms with Crippen LogP contribution in [0.3, 0.4) is 0 Å². The predicted octanol–water partition coefficient (Wildman–Crippen LogP) is 4.18. The van der Waals surface area contributed by atoms with Gasteiger partial charge in [-0.15, -0.1) is 0 Å². The van der Waals surface area contributed by atoms with Gasteiger partial charge in [-0.3, -0.25) is 9.59 Å². The Kier molecular flexibility index (Phi) is 4.86. The topological polar surface area (TPSA) is 49.4 Å². The molecule has 1 aliphatic heterocycles. The third-order valence-corrected chi connectivity index (χ3v) is 5.41. The molecule has 0 bridgehead atoms. The lowest BCUT2D eigenvalue weighted by molar-refractivity contribution is -0.128. The summed E-state index contributed by atoms with van der Waals surface area (Å²) in [5, 5.41) is 5.31. The van der Waals surface area contributed by atoms with E-state index in [1.54, 1.807) is 4.90 Å². The van der Waals surface area contributed by atoms with Crippen molar-refractivity contribution in [1.29, 1.82) is 0 Å². The highest BCUT2D eigenvalue weighted by Crippen LogP contribution is 2.28. The Morgan fingerprint density at radius 3 is 2.36 bits per heavy atom. The molecule has 1 aliphatic rings. The van der Waals surface area contributed by atoms with Gasteiger partial charge in [-0.1, -0.05) is 74.5 Å². The van der Waals surface area contributed by atoms with E-state index >= 15 is 0 Å². The van der Waals surface area contributed by atoms with Crippen molar-refractivity contribution in [3.63, 3.8) is 0 Å². The van der Waals surface area contributed by atoms with Crippen LogP contribution in [0.1, 0.15) is 35.7 Å². The first-order chi connectivity index (χ1) is 13.5. The van der Waals surface area contributed by atoms with Crippen LogP contribution in [-0.2, 0) is 4.79 Å². The second-order valence-electron chi connectivity index (χ2n) is 7.68. The first-order valence-corrected chi connectivity index (χ1v) is 9.69. The Morgan fingerprint density at radius 2 is 1.64 bits per heavy atom. The van der Waals surface area contributed by atoms with Crippen molar-refractivity contribution in [2.75, 3.05) is 6.54 Å².